The van der Waals surface area contributed by atoms with E-state index in [1.54, 1.807) is 23.1 Å². The lowest BCUT2D eigenvalue weighted by molar-refractivity contribution is -0.384. The van der Waals surface area contributed by atoms with Crippen LogP contribution in [0.2, 0.25) is 10.0 Å². The van der Waals surface area contributed by atoms with E-state index in [4.69, 9.17) is 23.2 Å². The molecule has 0 saturated carbocycles. The molecule has 0 radical (unpaired) electrons. The highest BCUT2D eigenvalue weighted by Crippen LogP contribution is 2.24. The smallest absolute Gasteiger partial charge is 0.269 e. The Morgan fingerprint density at radius 2 is 1.62 bits per heavy atom. The first-order chi connectivity index (χ1) is 13.7. The molecule has 0 atom stereocenters. The molecular weight excluding hydrogens is 441 g/mol. The van der Waals surface area contributed by atoms with Crippen LogP contribution >= 0.6 is 23.2 Å². The molecule has 2 aromatic rings. The van der Waals surface area contributed by atoms with Crippen LogP contribution in [0.3, 0.4) is 0 Å². The number of halogens is 2. The standard InChI is InChI=1S/C18H17Cl2N3O5S/c19-16-6-1-13(11-17(16)20)12-18(24)21-7-9-22(10-8-21)29(27,28)15-4-2-14(3-5-15)23(25)26/h1-6,11H,7-10,12H2. The maximum atomic E-state index is 12.7. The van der Waals surface area contributed by atoms with Crippen LogP contribution in [0.4, 0.5) is 5.69 Å². The van der Waals surface area contributed by atoms with Crippen LogP contribution in [0.15, 0.2) is 47.4 Å². The number of piperazine rings is 1. The minimum atomic E-state index is -3.78. The summed E-state index contributed by atoms with van der Waals surface area (Å²) >= 11 is 11.8. The number of carbonyl (C=O) groups is 1. The number of non-ortho nitro benzene ring substituents is 1. The van der Waals surface area contributed by atoms with Gasteiger partial charge in [0.2, 0.25) is 15.9 Å². The maximum Gasteiger partial charge on any atom is 0.269 e. The van der Waals surface area contributed by atoms with E-state index in [1.807, 2.05) is 0 Å². The highest BCUT2D eigenvalue weighted by molar-refractivity contribution is 7.89. The highest BCUT2D eigenvalue weighted by Gasteiger charge is 2.30. The highest BCUT2D eigenvalue weighted by atomic mass is 35.5. The first-order valence-electron chi connectivity index (χ1n) is 8.65. The molecule has 0 aliphatic carbocycles. The van der Waals surface area contributed by atoms with Crippen molar-refractivity contribution in [3.05, 3.63) is 68.2 Å². The lowest BCUT2D eigenvalue weighted by Gasteiger charge is -2.34. The summed E-state index contributed by atoms with van der Waals surface area (Å²) < 4.78 is 26.7. The molecular formula is C18H17Cl2N3O5S. The van der Waals surface area contributed by atoms with E-state index in [2.05, 4.69) is 0 Å². The van der Waals surface area contributed by atoms with Gasteiger partial charge in [-0.25, -0.2) is 8.42 Å². The number of hydrogen-bond acceptors (Lipinski definition) is 5. The van der Waals surface area contributed by atoms with Gasteiger partial charge in [0.15, 0.2) is 0 Å². The van der Waals surface area contributed by atoms with E-state index in [0.717, 1.165) is 17.7 Å². The molecule has 1 aliphatic heterocycles. The average Bonchev–Trinajstić information content (AvgIpc) is 2.71. The average molecular weight is 458 g/mol. The number of carbonyl (C=O) groups excluding carboxylic acids is 1. The molecule has 0 unspecified atom stereocenters. The zero-order valence-corrected chi connectivity index (χ0v) is 17.5. The molecule has 0 aromatic heterocycles. The van der Waals surface area contributed by atoms with E-state index < -0.39 is 14.9 Å². The zero-order valence-electron chi connectivity index (χ0n) is 15.1. The second-order valence-corrected chi connectivity index (χ2v) is 9.21. The Kier molecular flexibility index (Phi) is 6.42. The Labute approximate surface area is 177 Å². The van der Waals surface area contributed by atoms with Gasteiger partial charge in [0.05, 0.1) is 26.3 Å². The number of benzene rings is 2. The summed E-state index contributed by atoms with van der Waals surface area (Å²) in [6, 6.07) is 9.73. The van der Waals surface area contributed by atoms with Crippen molar-refractivity contribution in [1.29, 1.82) is 0 Å². The number of amides is 1. The van der Waals surface area contributed by atoms with Crippen molar-refractivity contribution in [3.63, 3.8) is 0 Å². The molecule has 8 nitrogen and oxygen atoms in total. The Balaban J connectivity index is 1.62. The van der Waals surface area contributed by atoms with Gasteiger partial charge in [-0.3, -0.25) is 14.9 Å². The number of hydrogen-bond donors (Lipinski definition) is 0. The van der Waals surface area contributed by atoms with Crippen molar-refractivity contribution < 1.29 is 18.1 Å². The van der Waals surface area contributed by atoms with Crippen LogP contribution in [0.25, 0.3) is 0 Å². The zero-order chi connectivity index (χ0) is 21.2. The molecule has 1 saturated heterocycles. The number of nitrogens with zero attached hydrogens (tertiary/aromatic N) is 3. The first-order valence-corrected chi connectivity index (χ1v) is 10.8. The molecule has 1 fully saturated rings. The Morgan fingerprint density at radius 3 is 2.17 bits per heavy atom. The number of nitro groups is 1. The third-order valence-electron chi connectivity index (χ3n) is 4.62. The van der Waals surface area contributed by atoms with Crippen molar-refractivity contribution in [2.45, 2.75) is 11.3 Å². The molecule has 3 rings (SSSR count). The Morgan fingerprint density at radius 1 is 1.00 bits per heavy atom. The number of sulfonamides is 1. The van der Waals surface area contributed by atoms with Gasteiger partial charge in [0.25, 0.3) is 5.69 Å². The van der Waals surface area contributed by atoms with Crippen molar-refractivity contribution in [3.8, 4) is 0 Å². The van der Waals surface area contributed by atoms with Crippen molar-refractivity contribution in [1.82, 2.24) is 9.21 Å². The molecule has 1 heterocycles. The van der Waals surface area contributed by atoms with Gasteiger partial charge in [-0.1, -0.05) is 29.3 Å². The molecule has 154 valence electrons. The summed E-state index contributed by atoms with van der Waals surface area (Å²) in [6.07, 6.45) is 0.145. The third-order valence-corrected chi connectivity index (χ3v) is 7.27. The first kappa shape index (κ1) is 21.5. The normalized spacial score (nSPS) is 15.3. The SMILES string of the molecule is O=C(Cc1ccc(Cl)c(Cl)c1)N1CCN(S(=O)(=O)c2ccc([N+](=O)[O-])cc2)CC1. The van der Waals surface area contributed by atoms with E-state index in [0.29, 0.717) is 10.0 Å². The van der Waals surface area contributed by atoms with Crippen LogP contribution < -0.4 is 0 Å². The fourth-order valence-electron chi connectivity index (χ4n) is 3.00. The van der Waals surface area contributed by atoms with Gasteiger partial charge in [0, 0.05) is 38.3 Å². The fourth-order valence-corrected chi connectivity index (χ4v) is 4.75. The van der Waals surface area contributed by atoms with Crippen LogP contribution in [-0.2, 0) is 21.2 Å². The van der Waals surface area contributed by atoms with Gasteiger partial charge in [0.1, 0.15) is 0 Å². The maximum absolute atomic E-state index is 12.7. The molecule has 1 aliphatic rings. The van der Waals surface area contributed by atoms with Gasteiger partial charge >= 0.3 is 0 Å². The van der Waals surface area contributed by atoms with E-state index in [-0.39, 0.29) is 49.1 Å². The van der Waals surface area contributed by atoms with Crippen LogP contribution in [0, 0.1) is 10.1 Å². The summed E-state index contributed by atoms with van der Waals surface area (Å²) in [5.41, 5.74) is 0.548. The number of rotatable bonds is 5. The summed E-state index contributed by atoms with van der Waals surface area (Å²) in [7, 11) is -3.78. The summed E-state index contributed by atoms with van der Waals surface area (Å²) in [4.78, 5) is 24.2. The van der Waals surface area contributed by atoms with E-state index >= 15 is 0 Å². The molecule has 29 heavy (non-hydrogen) atoms. The Bertz CT molecular complexity index is 1040. The molecule has 0 bridgehead atoms. The summed E-state index contributed by atoms with van der Waals surface area (Å²) in [6.45, 7) is 0.803. The lowest BCUT2D eigenvalue weighted by Crippen LogP contribution is -2.50. The fraction of sp³-hybridized carbons (Fsp3) is 0.278. The molecule has 2 aromatic carbocycles. The van der Waals surface area contributed by atoms with E-state index in [1.165, 1.54) is 16.4 Å². The van der Waals surface area contributed by atoms with Crippen molar-refractivity contribution in [2.75, 3.05) is 26.2 Å². The molecule has 1 amide bonds. The second kappa shape index (κ2) is 8.66. The van der Waals surface area contributed by atoms with Crippen LogP contribution in [0.5, 0.6) is 0 Å². The largest absolute Gasteiger partial charge is 0.340 e. The van der Waals surface area contributed by atoms with Gasteiger partial charge in [-0.2, -0.15) is 4.31 Å². The second-order valence-electron chi connectivity index (χ2n) is 6.46. The van der Waals surface area contributed by atoms with Gasteiger partial charge in [-0.15, -0.1) is 0 Å². The minimum Gasteiger partial charge on any atom is -0.340 e. The monoisotopic (exact) mass is 457 g/mol. The Hall–Kier alpha value is -2.20. The van der Waals surface area contributed by atoms with Gasteiger partial charge < -0.3 is 4.90 Å². The van der Waals surface area contributed by atoms with Crippen molar-refractivity contribution >= 4 is 44.8 Å². The van der Waals surface area contributed by atoms with E-state index in [9.17, 15) is 23.3 Å². The summed E-state index contributed by atoms with van der Waals surface area (Å²) in [5, 5.41) is 11.5. The predicted molar refractivity (Wildman–Crippen MR) is 109 cm³/mol. The van der Waals surface area contributed by atoms with Crippen LogP contribution in [-0.4, -0.2) is 54.6 Å². The van der Waals surface area contributed by atoms with Crippen molar-refractivity contribution in [2.24, 2.45) is 0 Å². The van der Waals surface area contributed by atoms with Gasteiger partial charge in [-0.05, 0) is 29.8 Å². The predicted octanol–water partition coefficient (Wildman–Crippen LogP) is 2.98. The number of nitro benzene ring substituents is 1. The summed E-state index contributed by atoms with van der Waals surface area (Å²) in [5.74, 6) is -0.129. The minimum absolute atomic E-state index is 0.0151. The topological polar surface area (TPSA) is 101 Å². The molecule has 0 spiro atoms. The molecule has 11 heteroatoms. The quantitative estimate of drug-likeness (QED) is 0.507. The third kappa shape index (κ3) is 4.87. The lowest BCUT2D eigenvalue weighted by atomic mass is 10.1. The molecule has 0 N–H and O–H groups in total. The van der Waals surface area contributed by atoms with Crippen LogP contribution in [0.1, 0.15) is 5.56 Å².